The first-order valence-electron chi connectivity index (χ1n) is 6.10. The molecule has 1 aliphatic rings. The first-order chi connectivity index (χ1) is 9.70. The number of nitrogens with zero attached hydrogens (tertiary/aromatic N) is 2. The summed E-state index contributed by atoms with van der Waals surface area (Å²) in [5.74, 6) is -1.07. The lowest BCUT2D eigenvalue weighted by Crippen LogP contribution is -2.28. The van der Waals surface area contributed by atoms with Crippen molar-refractivity contribution in [1.82, 2.24) is 0 Å². The number of halogens is 3. The maximum atomic E-state index is 13.1. The van der Waals surface area contributed by atoms with Crippen LogP contribution in [0.3, 0.4) is 0 Å². The summed E-state index contributed by atoms with van der Waals surface area (Å²) in [4.78, 5) is 22.2. The highest BCUT2D eigenvalue weighted by Gasteiger charge is 2.38. The van der Waals surface area contributed by atoms with Crippen LogP contribution in [-0.2, 0) is 11.0 Å². The van der Waals surface area contributed by atoms with Gasteiger partial charge in [0.2, 0.25) is 5.91 Å². The fourth-order valence-electron chi connectivity index (χ4n) is 2.35. The van der Waals surface area contributed by atoms with E-state index in [9.17, 15) is 28.1 Å². The zero-order valence-electron chi connectivity index (χ0n) is 10.8. The molecule has 6 nitrogen and oxygen atoms in total. The van der Waals surface area contributed by atoms with Crippen LogP contribution in [0.25, 0.3) is 0 Å². The van der Waals surface area contributed by atoms with Gasteiger partial charge >= 0.3 is 6.18 Å². The highest BCUT2D eigenvalue weighted by molar-refractivity contribution is 5.78. The summed E-state index contributed by atoms with van der Waals surface area (Å²) in [6, 6.07) is 2.58. The van der Waals surface area contributed by atoms with Crippen molar-refractivity contribution in [3.05, 3.63) is 33.9 Å². The molecule has 1 aromatic carbocycles. The predicted octanol–water partition coefficient (Wildman–Crippen LogP) is 1.93. The molecule has 1 atom stereocenters. The van der Waals surface area contributed by atoms with Crippen LogP contribution in [-0.4, -0.2) is 23.9 Å². The number of carbonyl (C=O) groups excluding carboxylic acids is 1. The van der Waals surface area contributed by atoms with E-state index in [1.165, 1.54) is 4.90 Å². The third-order valence-electron chi connectivity index (χ3n) is 3.43. The molecule has 0 radical (unpaired) electrons. The van der Waals surface area contributed by atoms with E-state index in [2.05, 4.69) is 0 Å². The number of amides is 1. The zero-order valence-corrected chi connectivity index (χ0v) is 10.8. The lowest BCUT2D eigenvalue weighted by atomic mass is 10.1. The Kier molecular flexibility index (Phi) is 3.75. The van der Waals surface area contributed by atoms with Crippen molar-refractivity contribution < 1.29 is 22.9 Å². The minimum Gasteiger partial charge on any atom is -0.370 e. The van der Waals surface area contributed by atoms with Crippen molar-refractivity contribution in [2.75, 3.05) is 18.0 Å². The Hall–Kier alpha value is -2.32. The number of non-ortho nitro benzene ring substituents is 1. The van der Waals surface area contributed by atoms with Gasteiger partial charge < -0.3 is 10.6 Å². The quantitative estimate of drug-likeness (QED) is 0.682. The number of nitro groups is 1. The van der Waals surface area contributed by atoms with Crippen LogP contribution < -0.4 is 10.6 Å². The minimum atomic E-state index is -4.72. The molecule has 1 aliphatic heterocycles. The number of nitro benzene ring substituents is 1. The van der Waals surface area contributed by atoms with E-state index in [1.807, 2.05) is 0 Å². The number of alkyl halides is 3. The molecule has 2 N–H and O–H groups in total. The van der Waals surface area contributed by atoms with Gasteiger partial charge in [-0.2, -0.15) is 13.2 Å². The van der Waals surface area contributed by atoms with E-state index in [-0.39, 0.29) is 18.8 Å². The van der Waals surface area contributed by atoms with Gasteiger partial charge in [0, 0.05) is 30.9 Å². The SMILES string of the molecule is NC(=O)C1CCN(c2ccc([N+](=O)[O-])cc2C(F)(F)F)C1. The lowest BCUT2D eigenvalue weighted by molar-refractivity contribution is -0.385. The molecule has 1 amide bonds. The number of nitrogens with two attached hydrogens (primary N) is 1. The van der Waals surface area contributed by atoms with Crippen LogP contribution in [0, 0.1) is 16.0 Å². The normalized spacial score (nSPS) is 18.8. The second-order valence-corrected chi connectivity index (χ2v) is 4.79. The van der Waals surface area contributed by atoms with E-state index in [4.69, 9.17) is 5.73 Å². The summed E-state index contributed by atoms with van der Waals surface area (Å²) in [6.07, 6.45) is -4.35. The molecule has 2 rings (SSSR count). The van der Waals surface area contributed by atoms with Crippen molar-refractivity contribution in [1.29, 1.82) is 0 Å². The zero-order chi connectivity index (χ0) is 15.8. The minimum absolute atomic E-state index is 0.0796. The number of benzene rings is 1. The molecule has 0 aromatic heterocycles. The van der Waals surface area contributed by atoms with Crippen LogP contribution >= 0.6 is 0 Å². The van der Waals surface area contributed by atoms with E-state index in [0.717, 1.165) is 12.1 Å². The molecule has 0 saturated carbocycles. The molecule has 1 heterocycles. The highest BCUT2D eigenvalue weighted by atomic mass is 19.4. The van der Waals surface area contributed by atoms with Crippen LogP contribution in [0.15, 0.2) is 18.2 Å². The molecule has 0 aliphatic carbocycles. The number of primary amides is 1. The molecule has 114 valence electrons. The number of hydrogen-bond acceptors (Lipinski definition) is 4. The van der Waals surface area contributed by atoms with Crippen LogP contribution in [0.1, 0.15) is 12.0 Å². The summed E-state index contributed by atoms with van der Waals surface area (Å²) in [6.45, 7) is 0.324. The number of anilines is 1. The van der Waals surface area contributed by atoms with Gasteiger partial charge in [0.15, 0.2) is 0 Å². The molecule has 21 heavy (non-hydrogen) atoms. The van der Waals surface area contributed by atoms with Crippen molar-refractivity contribution in [2.45, 2.75) is 12.6 Å². The Morgan fingerprint density at radius 2 is 2.10 bits per heavy atom. The van der Waals surface area contributed by atoms with E-state index in [1.54, 1.807) is 0 Å². The molecular weight excluding hydrogens is 291 g/mol. The van der Waals surface area contributed by atoms with Gasteiger partial charge in [-0.1, -0.05) is 0 Å². The monoisotopic (exact) mass is 303 g/mol. The van der Waals surface area contributed by atoms with Gasteiger partial charge in [0.05, 0.1) is 16.4 Å². The Morgan fingerprint density at radius 3 is 2.57 bits per heavy atom. The van der Waals surface area contributed by atoms with Crippen LogP contribution in [0.2, 0.25) is 0 Å². The van der Waals surface area contributed by atoms with Crippen molar-refractivity contribution >= 4 is 17.3 Å². The van der Waals surface area contributed by atoms with Gasteiger partial charge in [-0.25, -0.2) is 0 Å². The molecule has 1 saturated heterocycles. The Bertz CT molecular complexity index is 589. The Balaban J connectivity index is 2.40. The molecule has 1 unspecified atom stereocenters. The van der Waals surface area contributed by atoms with Gasteiger partial charge in [0.25, 0.3) is 5.69 Å². The Morgan fingerprint density at radius 1 is 1.43 bits per heavy atom. The largest absolute Gasteiger partial charge is 0.418 e. The summed E-state index contributed by atoms with van der Waals surface area (Å²) >= 11 is 0. The number of carbonyl (C=O) groups is 1. The van der Waals surface area contributed by atoms with Gasteiger partial charge in [-0.3, -0.25) is 14.9 Å². The topological polar surface area (TPSA) is 89.5 Å². The third-order valence-corrected chi connectivity index (χ3v) is 3.43. The standard InChI is InChI=1S/C12H12F3N3O3/c13-12(14,15)9-5-8(18(20)21)1-2-10(9)17-4-3-7(6-17)11(16)19/h1-2,5,7H,3-4,6H2,(H2,16,19). The van der Waals surface area contributed by atoms with E-state index >= 15 is 0 Å². The van der Waals surface area contributed by atoms with Crippen molar-refractivity contribution in [3.63, 3.8) is 0 Å². The Labute approximate surface area is 117 Å². The van der Waals surface area contributed by atoms with Gasteiger partial charge in [-0.05, 0) is 12.5 Å². The molecule has 1 fully saturated rings. The second kappa shape index (κ2) is 5.23. The number of hydrogen-bond donors (Lipinski definition) is 1. The van der Waals surface area contributed by atoms with E-state index < -0.39 is 34.2 Å². The highest BCUT2D eigenvalue weighted by Crippen LogP contribution is 2.40. The van der Waals surface area contributed by atoms with Crippen LogP contribution in [0.5, 0.6) is 0 Å². The maximum absolute atomic E-state index is 13.1. The fourth-order valence-corrected chi connectivity index (χ4v) is 2.35. The fraction of sp³-hybridized carbons (Fsp3) is 0.417. The predicted molar refractivity (Wildman–Crippen MR) is 67.6 cm³/mol. The van der Waals surface area contributed by atoms with E-state index in [0.29, 0.717) is 12.5 Å². The molecule has 9 heteroatoms. The summed E-state index contributed by atoms with van der Waals surface area (Å²) in [5.41, 5.74) is 3.27. The average Bonchev–Trinajstić information content (AvgIpc) is 2.86. The molecule has 0 bridgehead atoms. The molecular formula is C12H12F3N3O3. The van der Waals surface area contributed by atoms with Crippen molar-refractivity contribution in [2.24, 2.45) is 11.7 Å². The van der Waals surface area contributed by atoms with Gasteiger partial charge in [-0.15, -0.1) is 0 Å². The average molecular weight is 303 g/mol. The van der Waals surface area contributed by atoms with Crippen molar-refractivity contribution in [3.8, 4) is 0 Å². The first kappa shape index (κ1) is 15.1. The maximum Gasteiger partial charge on any atom is 0.418 e. The summed E-state index contributed by atoms with van der Waals surface area (Å²) < 4.78 is 39.2. The molecule has 0 spiro atoms. The second-order valence-electron chi connectivity index (χ2n) is 4.79. The van der Waals surface area contributed by atoms with Crippen LogP contribution in [0.4, 0.5) is 24.5 Å². The smallest absolute Gasteiger partial charge is 0.370 e. The summed E-state index contributed by atoms with van der Waals surface area (Å²) in [5, 5.41) is 10.6. The first-order valence-corrected chi connectivity index (χ1v) is 6.10. The lowest BCUT2D eigenvalue weighted by Gasteiger charge is -2.22. The van der Waals surface area contributed by atoms with Gasteiger partial charge in [0.1, 0.15) is 0 Å². The number of rotatable bonds is 3. The summed E-state index contributed by atoms with van der Waals surface area (Å²) in [7, 11) is 0. The third kappa shape index (κ3) is 3.06. The molecule has 1 aromatic rings.